The number of amides is 1. The van der Waals surface area contributed by atoms with Gasteiger partial charge in [0.15, 0.2) is 5.60 Å². The van der Waals surface area contributed by atoms with Crippen LogP contribution in [0.4, 0.5) is 0 Å². The molecule has 0 aromatic heterocycles. The lowest BCUT2D eigenvalue weighted by Crippen LogP contribution is -2.80. The number of hydrogen-bond donors (Lipinski definition) is 2. The second-order valence-corrected chi connectivity index (χ2v) is 6.81. The third kappa shape index (κ3) is 1.81. The fourth-order valence-corrected chi connectivity index (χ4v) is 4.61. The summed E-state index contributed by atoms with van der Waals surface area (Å²) in [5.41, 5.74) is -2.29. The van der Waals surface area contributed by atoms with Crippen LogP contribution in [0.5, 0.6) is 0 Å². The quantitative estimate of drug-likeness (QED) is 0.456. The molecule has 0 saturated carbocycles. The SMILES string of the molecule is CC[C@@]12OC(=O)[C@]1([C@@H](O)[C@@H]1C=CCCC1)NC(=O)[C@@H]2CCCl. The van der Waals surface area contributed by atoms with E-state index in [0.717, 1.165) is 19.3 Å². The van der Waals surface area contributed by atoms with Crippen LogP contribution in [0.1, 0.15) is 39.0 Å². The zero-order valence-corrected chi connectivity index (χ0v) is 13.4. The summed E-state index contributed by atoms with van der Waals surface area (Å²) in [6.45, 7) is 1.88. The summed E-state index contributed by atoms with van der Waals surface area (Å²) in [5.74, 6) is -1.08. The van der Waals surface area contributed by atoms with Gasteiger partial charge in [-0.1, -0.05) is 19.1 Å². The molecule has 0 spiro atoms. The number of halogens is 1. The molecule has 22 heavy (non-hydrogen) atoms. The van der Waals surface area contributed by atoms with E-state index in [-0.39, 0.29) is 11.8 Å². The van der Waals surface area contributed by atoms with Gasteiger partial charge in [0, 0.05) is 11.8 Å². The van der Waals surface area contributed by atoms with Crippen LogP contribution in [0.15, 0.2) is 12.2 Å². The highest BCUT2D eigenvalue weighted by Gasteiger charge is 2.80. The van der Waals surface area contributed by atoms with Crippen LogP contribution < -0.4 is 5.32 Å². The number of nitrogens with one attached hydrogen (secondary N) is 1. The second kappa shape index (κ2) is 5.53. The van der Waals surface area contributed by atoms with Gasteiger partial charge in [-0.25, -0.2) is 4.79 Å². The predicted octanol–water partition coefficient (Wildman–Crippen LogP) is 1.52. The van der Waals surface area contributed by atoms with E-state index in [2.05, 4.69) is 5.32 Å². The molecule has 2 fully saturated rings. The van der Waals surface area contributed by atoms with Gasteiger partial charge >= 0.3 is 5.97 Å². The van der Waals surface area contributed by atoms with Crippen LogP contribution in [-0.2, 0) is 14.3 Å². The lowest BCUT2D eigenvalue weighted by atomic mass is 9.62. The Hall–Kier alpha value is -1.07. The molecule has 1 amide bonds. The maximum Gasteiger partial charge on any atom is 0.339 e. The van der Waals surface area contributed by atoms with Gasteiger partial charge in [0.25, 0.3) is 0 Å². The van der Waals surface area contributed by atoms with Crippen molar-refractivity contribution in [2.45, 2.75) is 56.3 Å². The van der Waals surface area contributed by atoms with E-state index in [9.17, 15) is 14.7 Å². The number of alkyl halides is 1. The van der Waals surface area contributed by atoms with E-state index in [1.165, 1.54) is 0 Å². The van der Waals surface area contributed by atoms with Gasteiger partial charge in [-0.15, -0.1) is 11.6 Å². The van der Waals surface area contributed by atoms with Crippen molar-refractivity contribution in [2.75, 3.05) is 5.88 Å². The first kappa shape index (κ1) is 15.8. The highest BCUT2D eigenvalue weighted by atomic mass is 35.5. The minimum absolute atomic E-state index is 0.137. The van der Waals surface area contributed by atoms with Gasteiger partial charge in [-0.2, -0.15) is 0 Å². The summed E-state index contributed by atoms with van der Waals surface area (Å²) in [6.07, 6.45) is 6.70. The molecule has 122 valence electrons. The highest BCUT2D eigenvalue weighted by molar-refractivity contribution is 6.18. The summed E-state index contributed by atoms with van der Waals surface area (Å²) in [6, 6.07) is 0. The second-order valence-electron chi connectivity index (χ2n) is 6.43. The van der Waals surface area contributed by atoms with Crippen molar-refractivity contribution >= 4 is 23.5 Å². The van der Waals surface area contributed by atoms with E-state index in [1.54, 1.807) is 0 Å². The monoisotopic (exact) mass is 327 g/mol. The van der Waals surface area contributed by atoms with Gasteiger partial charge < -0.3 is 15.2 Å². The van der Waals surface area contributed by atoms with Crippen molar-refractivity contribution in [1.82, 2.24) is 5.32 Å². The molecule has 5 nitrogen and oxygen atoms in total. The first-order chi connectivity index (χ1) is 10.5. The number of ether oxygens (including phenoxy) is 1. The van der Waals surface area contributed by atoms with Gasteiger partial charge in [0.2, 0.25) is 11.4 Å². The van der Waals surface area contributed by atoms with Crippen molar-refractivity contribution in [3.05, 3.63) is 12.2 Å². The summed E-state index contributed by atoms with van der Waals surface area (Å²) in [5, 5.41) is 13.7. The molecule has 0 bridgehead atoms. The Labute approximate surface area is 135 Å². The first-order valence-electron chi connectivity index (χ1n) is 7.99. The van der Waals surface area contributed by atoms with Crippen LogP contribution in [0.3, 0.4) is 0 Å². The Kier molecular flexibility index (Phi) is 3.98. The van der Waals surface area contributed by atoms with Gasteiger partial charge in [-0.05, 0) is 32.1 Å². The van der Waals surface area contributed by atoms with E-state index >= 15 is 0 Å². The van der Waals surface area contributed by atoms with E-state index < -0.39 is 29.1 Å². The number of rotatable bonds is 5. The van der Waals surface area contributed by atoms with Gasteiger partial charge in [0.05, 0.1) is 12.0 Å². The smallest absolute Gasteiger partial charge is 0.339 e. The van der Waals surface area contributed by atoms with Crippen LogP contribution in [0.2, 0.25) is 0 Å². The molecule has 2 heterocycles. The lowest BCUT2D eigenvalue weighted by Gasteiger charge is -2.56. The van der Waals surface area contributed by atoms with Crippen molar-refractivity contribution < 1.29 is 19.4 Å². The molecule has 0 aromatic carbocycles. The van der Waals surface area contributed by atoms with Crippen LogP contribution in [0.25, 0.3) is 0 Å². The molecular weight excluding hydrogens is 306 g/mol. The number of esters is 1. The minimum atomic E-state index is -1.32. The molecule has 0 unspecified atom stereocenters. The Morgan fingerprint density at radius 3 is 2.86 bits per heavy atom. The molecule has 1 aliphatic carbocycles. The van der Waals surface area contributed by atoms with Crippen molar-refractivity contribution in [2.24, 2.45) is 11.8 Å². The van der Waals surface area contributed by atoms with Crippen LogP contribution in [-0.4, -0.2) is 40.1 Å². The van der Waals surface area contributed by atoms with Gasteiger partial charge in [0.1, 0.15) is 0 Å². The third-order valence-electron chi connectivity index (χ3n) is 5.53. The summed E-state index contributed by atoms with van der Waals surface area (Å²) in [7, 11) is 0. The van der Waals surface area contributed by atoms with Crippen molar-refractivity contribution in [3.63, 3.8) is 0 Å². The number of carbonyl (C=O) groups is 2. The molecule has 3 aliphatic rings. The summed E-state index contributed by atoms with van der Waals surface area (Å²) < 4.78 is 5.49. The average Bonchev–Trinajstić information content (AvgIpc) is 2.73. The Morgan fingerprint density at radius 2 is 2.32 bits per heavy atom. The first-order valence-corrected chi connectivity index (χ1v) is 8.53. The van der Waals surface area contributed by atoms with E-state index in [1.807, 2.05) is 19.1 Å². The molecule has 2 N–H and O–H groups in total. The zero-order valence-electron chi connectivity index (χ0n) is 12.7. The molecule has 2 aliphatic heterocycles. The number of aliphatic hydroxyl groups excluding tert-OH is 1. The molecular formula is C16H22ClNO4. The zero-order chi connectivity index (χ0) is 16.0. The molecule has 6 heteroatoms. The largest absolute Gasteiger partial charge is 0.453 e. The number of fused-ring (bicyclic) bond motifs is 1. The fraction of sp³-hybridized carbons (Fsp3) is 0.750. The highest BCUT2D eigenvalue weighted by Crippen LogP contribution is 2.55. The number of allylic oxidation sites excluding steroid dienone is 1. The third-order valence-corrected chi connectivity index (χ3v) is 5.75. The van der Waals surface area contributed by atoms with Crippen molar-refractivity contribution in [1.29, 1.82) is 0 Å². The predicted molar refractivity (Wildman–Crippen MR) is 81.3 cm³/mol. The molecule has 0 aromatic rings. The van der Waals surface area contributed by atoms with Crippen molar-refractivity contribution in [3.8, 4) is 0 Å². The average molecular weight is 328 g/mol. The lowest BCUT2D eigenvalue weighted by molar-refractivity contribution is -0.244. The Balaban J connectivity index is 1.98. The minimum Gasteiger partial charge on any atom is -0.453 e. The van der Waals surface area contributed by atoms with E-state index in [4.69, 9.17) is 16.3 Å². The maximum atomic E-state index is 12.4. The standard InChI is InChI=1S/C16H22ClNO4/c1-2-15-11(8-9-17)13(20)18-16(15,14(21)22-15)12(19)10-6-4-3-5-7-10/h4,6,10-12,19H,2-3,5,7-9H2,1H3,(H,18,20)/t10-,11+,12+,15+,16+/m1/s1. The fourth-order valence-electron chi connectivity index (χ4n) is 4.39. The number of hydrogen-bond acceptors (Lipinski definition) is 4. The summed E-state index contributed by atoms with van der Waals surface area (Å²) in [4.78, 5) is 24.7. The molecule has 2 saturated heterocycles. The Bertz CT molecular complexity index is 522. The number of aliphatic hydroxyl groups is 1. The Morgan fingerprint density at radius 1 is 1.55 bits per heavy atom. The molecule has 0 radical (unpaired) electrons. The van der Waals surface area contributed by atoms with Crippen LogP contribution in [0, 0.1) is 11.8 Å². The van der Waals surface area contributed by atoms with Crippen LogP contribution >= 0.6 is 11.6 Å². The van der Waals surface area contributed by atoms with E-state index in [0.29, 0.717) is 18.7 Å². The molecule has 3 rings (SSSR count). The summed E-state index contributed by atoms with van der Waals surface area (Å²) >= 11 is 5.82. The van der Waals surface area contributed by atoms with Gasteiger partial charge in [-0.3, -0.25) is 4.79 Å². The topological polar surface area (TPSA) is 75.6 Å². The molecule has 5 atom stereocenters. The number of carbonyl (C=O) groups excluding carboxylic acids is 2. The maximum absolute atomic E-state index is 12.4. The normalized spacial score (nSPS) is 41.4.